The molecule has 1 aromatic carbocycles. The maximum atomic E-state index is 6.05. The summed E-state index contributed by atoms with van der Waals surface area (Å²) in [6, 6.07) is 10.7. The molecule has 0 amide bonds. The van der Waals surface area contributed by atoms with Gasteiger partial charge in [-0.25, -0.2) is 9.67 Å². The summed E-state index contributed by atoms with van der Waals surface area (Å²) >= 11 is 0. The normalized spacial score (nSPS) is 17.9. The van der Waals surface area contributed by atoms with Gasteiger partial charge in [-0.3, -0.25) is 4.90 Å². The number of nitrogens with one attached hydrogen (secondary N) is 1. The van der Waals surface area contributed by atoms with E-state index in [-0.39, 0.29) is 24.0 Å². The molecule has 6 nitrogen and oxygen atoms in total. The number of aromatic nitrogens is 2. The van der Waals surface area contributed by atoms with Crippen molar-refractivity contribution in [2.24, 2.45) is 10.7 Å². The van der Waals surface area contributed by atoms with Gasteiger partial charge in [-0.1, -0.05) is 25.1 Å². The van der Waals surface area contributed by atoms with Crippen molar-refractivity contribution in [3.63, 3.8) is 0 Å². The molecule has 0 spiro atoms. The summed E-state index contributed by atoms with van der Waals surface area (Å²) in [6.45, 7) is 7.92. The van der Waals surface area contributed by atoms with Crippen LogP contribution in [0, 0.1) is 6.92 Å². The largest absolute Gasteiger partial charge is 0.370 e. The van der Waals surface area contributed by atoms with Gasteiger partial charge in [0.25, 0.3) is 0 Å². The number of rotatable bonds is 6. The molecule has 0 saturated carbocycles. The second-order valence-corrected chi connectivity index (χ2v) is 6.53. The van der Waals surface area contributed by atoms with E-state index < -0.39 is 0 Å². The van der Waals surface area contributed by atoms with Gasteiger partial charge in [0.15, 0.2) is 5.96 Å². The van der Waals surface area contributed by atoms with E-state index in [2.05, 4.69) is 27.2 Å². The third-order valence-corrected chi connectivity index (χ3v) is 4.87. The highest BCUT2D eigenvalue weighted by Crippen LogP contribution is 2.15. The first-order valence-electron chi connectivity index (χ1n) is 9.05. The van der Waals surface area contributed by atoms with Crippen LogP contribution in [-0.2, 0) is 6.54 Å². The molecule has 1 aliphatic heterocycles. The predicted molar refractivity (Wildman–Crippen MR) is 117 cm³/mol. The van der Waals surface area contributed by atoms with Crippen LogP contribution in [0.25, 0.3) is 5.69 Å². The number of nitrogens with two attached hydrogens (primary N) is 1. The van der Waals surface area contributed by atoms with Crippen LogP contribution >= 0.6 is 24.0 Å². The van der Waals surface area contributed by atoms with Gasteiger partial charge in [0, 0.05) is 24.3 Å². The fourth-order valence-electron chi connectivity index (χ4n) is 3.36. The molecule has 2 heterocycles. The molecular formula is C19H29IN6. The highest BCUT2D eigenvalue weighted by atomic mass is 127. The number of benzene rings is 1. The number of halogens is 1. The molecule has 3 rings (SSSR count). The van der Waals surface area contributed by atoms with Gasteiger partial charge in [-0.05, 0) is 45.0 Å². The lowest BCUT2D eigenvalue weighted by atomic mass is 10.2. The molecule has 1 aliphatic rings. The van der Waals surface area contributed by atoms with Crippen molar-refractivity contribution < 1.29 is 0 Å². The van der Waals surface area contributed by atoms with Crippen LogP contribution in [0.4, 0.5) is 0 Å². The van der Waals surface area contributed by atoms with Gasteiger partial charge >= 0.3 is 0 Å². The molecule has 0 bridgehead atoms. The number of hydrogen-bond donors (Lipinski definition) is 2. The number of guanidine groups is 1. The molecule has 1 fully saturated rings. The minimum atomic E-state index is 0. The van der Waals surface area contributed by atoms with Crippen molar-refractivity contribution in [1.82, 2.24) is 20.0 Å². The van der Waals surface area contributed by atoms with E-state index in [9.17, 15) is 0 Å². The average Bonchev–Trinajstić information content (AvgIpc) is 3.25. The molecular weight excluding hydrogens is 439 g/mol. The summed E-state index contributed by atoms with van der Waals surface area (Å²) in [6.07, 6.45) is 4.53. The lowest BCUT2D eigenvalue weighted by Crippen LogP contribution is -2.42. The van der Waals surface area contributed by atoms with Gasteiger partial charge in [0.05, 0.1) is 17.9 Å². The zero-order valence-corrected chi connectivity index (χ0v) is 17.9. The van der Waals surface area contributed by atoms with Gasteiger partial charge in [0.2, 0.25) is 0 Å². The van der Waals surface area contributed by atoms with Gasteiger partial charge in [0.1, 0.15) is 0 Å². The Bertz CT molecular complexity index is 712. The summed E-state index contributed by atoms with van der Waals surface area (Å²) in [5, 5.41) is 7.84. The maximum Gasteiger partial charge on any atom is 0.188 e. The maximum absolute atomic E-state index is 6.05. The summed E-state index contributed by atoms with van der Waals surface area (Å²) in [5.41, 5.74) is 9.16. The highest BCUT2D eigenvalue weighted by Gasteiger charge is 2.22. The highest BCUT2D eigenvalue weighted by molar-refractivity contribution is 14.0. The minimum absolute atomic E-state index is 0. The van der Waals surface area contributed by atoms with Crippen LogP contribution < -0.4 is 11.1 Å². The Morgan fingerprint density at radius 1 is 1.35 bits per heavy atom. The monoisotopic (exact) mass is 468 g/mol. The first-order chi connectivity index (χ1) is 12.2. The second-order valence-electron chi connectivity index (χ2n) is 6.53. The summed E-state index contributed by atoms with van der Waals surface area (Å²) in [7, 11) is 0. The Morgan fingerprint density at radius 3 is 2.85 bits per heavy atom. The molecule has 1 saturated heterocycles. The van der Waals surface area contributed by atoms with Crippen LogP contribution in [-0.4, -0.2) is 46.3 Å². The van der Waals surface area contributed by atoms with Crippen molar-refractivity contribution in [3.8, 4) is 5.69 Å². The Balaban J connectivity index is 0.00000243. The van der Waals surface area contributed by atoms with Crippen LogP contribution in [0.1, 0.15) is 31.0 Å². The molecule has 1 unspecified atom stereocenters. The van der Waals surface area contributed by atoms with E-state index >= 15 is 0 Å². The molecule has 26 heavy (non-hydrogen) atoms. The van der Waals surface area contributed by atoms with Crippen molar-refractivity contribution >= 4 is 29.9 Å². The summed E-state index contributed by atoms with van der Waals surface area (Å²) in [5.74, 6) is 0.509. The zero-order chi connectivity index (χ0) is 17.6. The Morgan fingerprint density at radius 2 is 2.12 bits per heavy atom. The first-order valence-corrected chi connectivity index (χ1v) is 9.05. The van der Waals surface area contributed by atoms with Gasteiger partial charge < -0.3 is 11.1 Å². The van der Waals surface area contributed by atoms with E-state index in [1.807, 2.05) is 48.1 Å². The van der Waals surface area contributed by atoms with E-state index in [0.29, 0.717) is 18.5 Å². The molecule has 0 radical (unpaired) electrons. The Kier molecular flexibility index (Phi) is 7.89. The number of likely N-dealkylation sites (N-methyl/N-ethyl adjacent to an activating group) is 1. The fourth-order valence-corrected chi connectivity index (χ4v) is 3.36. The van der Waals surface area contributed by atoms with Crippen molar-refractivity contribution in [1.29, 1.82) is 0 Å². The number of para-hydroxylation sites is 1. The van der Waals surface area contributed by atoms with Crippen LogP contribution in [0.5, 0.6) is 0 Å². The number of nitrogens with zero attached hydrogens (tertiary/aromatic N) is 4. The minimum Gasteiger partial charge on any atom is -0.370 e. The standard InChI is InChI=1S/C19H28N6.HI/c1-3-24-11-7-10-18(24)13-22-19(20)21-12-16-14-25(23-15(16)2)17-8-5-4-6-9-17;/h4-6,8-9,14,18H,3,7,10-13H2,1-2H3,(H3,20,21,22);1H. The van der Waals surface area contributed by atoms with Crippen molar-refractivity contribution in [2.45, 2.75) is 39.3 Å². The lowest BCUT2D eigenvalue weighted by Gasteiger charge is -2.23. The van der Waals surface area contributed by atoms with Crippen LogP contribution in [0.15, 0.2) is 41.5 Å². The second kappa shape index (κ2) is 9.91. The van der Waals surface area contributed by atoms with Crippen molar-refractivity contribution in [2.75, 3.05) is 19.6 Å². The van der Waals surface area contributed by atoms with Crippen molar-refractivity contribution in [3.05, 3.63) is 47.8 Å². The third-order valence-electron chi connectivity index (χ3n) is 4.87. The first kappa shape index (κ1) is 20.7. The molecule has 2 aromatic rings. The number of aliphatic imine (C=N–C) groups is 1. The molecule has 0 aliphatic carbocycles. The van der Waals surface area contributed by atoms with Gasteiger partial charge in [-0.2, -0.15) is 5.10 Å². The van der Waals surface area contributed by atoms with Crippen LogP contribution in [0.2, 0.25) is 0 Å². The van der Waals surface area contributed by atoms with E-state index in [0.717, 1.165) is 30.0 Å². The number of hydrogen-bond acceptors (Lipinski definition) is 3. The zero-order valence-electron chi connectivity index (χ0n) is 15.6. The summed E-state index contributed by atoms with van der Waals surface area (Å²) in [4.78, 5) is 6.98. The molecule has 7 heteroatoms. The SMILES string of the molecule is CCN1CCCC1CNC(N)=NCc1cn(-c2ccccc2)nc1C.I. The summed E-state index contributed by atoms with van der Waals surface area (Å²) < 4.78 is 1.89. The average molecular weight is 468 g/mol. The quantitative estimate of drug-likeness (QED) is 0.389. The Labute approximate surface area is 172 Å². The molecule has 1 atom stereocenters. The van der Waals surface area contributed by atoms with E-state index in [4.69, 9.17) is 5.73 Å². The topological polar surface area (TPSA) is 71.5 Å². The predicted octanol–water partition coefficient (Wildman–Crippen LogP) is 2.69. The third kappa shape index (κ3) is 5.20. The van der Waals surface area contributed by atoms with E-state index in [1.165, 1.54) is 19.4 Å². The molecule has 3 N–H and O–H groups in total. The molecule has 1 aromatic heterocycles. The van der Waals surface area contributed by atoms with Crippen LogP contribution in [0.3, 0.4) is 0 Å². The lowest BCUT2D eigenvalue weighted by molar-refractivity contribution is 0.267. The number of aryl methyl sites for hydroxylation is 1. The smallest absolute Gasteiger partial charge is 0.188 e. The molecule has 142 valence electrons. The Hall–Kier alpha value is -1.61. The fraction of sp³-hybridized carbons (Fsp3) is 0.474. The number of likely N-dealkylation sites (tertiary alicyclic amines) is 1. The van der Waals surface area contributed by atoms with Gasteiger partial charge in [-0.15, -0.1) is 24.0 Å². The van der Waals surface area contributed by atoms with E-state index in [1.54, 1.807) is 0 Å².